The lowest BCUT2D eigenvalue weighted by Crippen LogP contribution is -2.44. The Hall–Kier alpha value is -1.82. The zero-order chi connectivity index (χ0) is 21.4. The van der Waals surface area contributed by atoms with Crippen molar-refractivity contribution in [3.8, 4) is 0 Å². The van der Waals surface area contributed by atoms with E-state index < -0.39 is 10.2 Å². The highest BCUT2D eigenvalue weighted by atomic mass is 32.2. The standard InChI is InChI=1S/C20H31N7O3S/c1-30-9-8-24-15-23-18-19(24)21-14-22-20(18)25-10-16-12-27(13-17(16)11-25)31(28,29)26-6-4-2-3-5-7-26/h14-17H,2-13H2,1H3. The van der Waals surface area contributed by atoms with Gasteiger partial charge in [-0.25, -0.2) is 15.0 Å². The topological polar surface area (TPSA) is 96.7 Å². The molecule has 0 bridgehead atoms. The summed E-state index contributed by atoms with van der Waals surface area (Å²) in [6.45, 7) is 5.39. The van der Waals surface area contributed by atoms with Gasteiger partial charge in [0.2, 0.25) is 0 Å². The minimum Gasteiger partial charge on any atom is -0.383 e. The third-order valence-electron chi connectivity index (χ3n) is 6.89. The maximum Gasteiger partial charge on any atom is 0.281 e. The average molecular weight is 450 g/mol. The van der Waals surface area contributed by atoms with Crippen LogP contribution in [0.15, 0.2) is 12.7 Å². The minimum absolute atomic E-state index is 0.322. The number of nitrogens with zero attached hydrogens (tertiary/aromatic N) is 7. The monoisotopic (exact) mass is 449 g/mol. The van der Waals surface area contributed by atoms with Crippen molar-refractivity contribution in [3.05, 3.63) is 12.7 Å². The van der Waals surface area contributed by atoms with Crippen LogP contribution in [0.2, 0.25) is 0 Å². The van der Waals surface area contributed by atoms with Crippen LogP contribution >= 0.6 is 0 Å². The molecule has 3 fully saturated rings. The lowest BCUT2D eigenvalue weighted by atomic mass is 10.0. The van der Waals surface area contributed by atoms with E-state index in [2.05, 4.69) is 19.9 Å². The molecule has 3 aliphatic heterocycles. The fourth-order valence-corrected chi connectivity index (χ4v) is 7.01. The number of fused-ring (bicyclic) bond motifs is 2. The lowest BCUT2D eigenvalue weighted by molar-refractivity contribution is 0.188. The van der Waals surface area contributed by atoms with Crippen LogP contribution in [0.1, 0.15) is 25.7 Å². The van der Waals surface area contributed by atoms with Crippen LogP contribution in [0.5, 0.6) is 0 Å². The van der Waals surface area contributed by atoms with Crippen molar-refractivity contribution < 1.29 is 13.2 Å². The van der Waals surface area contributed by atoms with E-state index in [0.29, 0.717) is 51.2 Å². The van der Waals surface area contributed by atoms with Crippen LogP contribution < -0.4 is 4.90 Å². The molecule has 11 heteroatoms. The molecule has 0 saturated carbocycles. The van der Waals surface area contributed by atoms with Crippen molar-refractivity contribution in [1.29, 1.82) is 0 Å². The van der Waals surface area contributed by atoms with Crippen molar-refractivity contribution in [3.63, 3.8) is 0 Å². The van der Waals surface area contributed by atoms with E-state index in [4.69, 9.17) is 4.74 Å². The number of hydrogen-bond donors (Lipinski definition) is 0. The molecule has 2 aromatic heterocycles. The fourth-order valence-electron chi connectivity index (χ4n) is 5.20. The number of hydrogen-bond acceptors (Lipinski definition) is 7. The quantitative estimate of drug-likeness (QED) is 0.648. The van der Waals surface area contributed by atoms with Gasteiger partial charge in [0.1, 0.15) is 6.33 Å². The molecule has 0 aromatic carbocycles. The highest BCUT2D eigenvalue weighted by Gasteiger charge is 2.46. The van der Waals surface area contributed by atoms with E-state index in [9.17, 15) is 8.42 Å². The zero-order valence-electron chi connectivity index (χ0n) is 18.1. The Bertz CT molecular complexity index is 1000. The molecule has 3 aliphatic rings. The molecular weight excluding hydrogens is 418 g/mol. The molecule has 0 radical (unpaired) electrons. The van der Waals surface area contributed by atoms with Gasteiger partial charge in [0.15, 0.2) is 17.0 Å². The summed E-state index contributed by atoms with van der Waals surface area (Å²) < 4.78 is 36.9. The summed E-state index contributed by atoms with van der Waals surface area (Å²) in [6.07, 6.45) is 7.56. The number of anilines is 1. The van der Waals surface area contributed by atoms with Crippen molar-refractivity contribution in [1.82, 2.24) is 28.1 Å². The Labute approximate surface area is 183 Å². The largest absolute Gasteiger partial charge is 0.383 e. The summed E-state index contributed by atoms with van der Waals surface area (Å²) in [6, 6.07) is 0. The van der Waals surface area contributed by atoms with Crippen LogP contribution in [0.3, 0.4) is 0 Å². The van der Waals surface area contributed by atoms with Crippen LogP contribution in [0.4, 0.5) is 5.82 Å². The van der Waals surface area contributed by atoms with Gasteiger partial charge >= 0.3 is 0 Å². The number of imidazole rings is 1. The van der Waals surface area contributed by atoms with Crippen LogP contribution in [0.25, 0.3) is 11.2 Å². The summed E-state index contributed by atoms with van der Waals surface area (Å²) in [5, 5.41) is 0. The predicted molar refractivity (Wildman–Crippen MR) is 117 cm³/mol. The number of aromatic nitrogens is 4. The SMILES string of the molecule is COCCn1cnc2c(N3CC4CN(S(=O)(=O)N5CCCCCC5)CC4C3)ncnc21. The Balaban J connectivity index is 1.29. The second-order valence-corrected chi connectivity index (χ2v) is 10.8. The number of methoxy groups -OCH3 is 1. The molecule has 2 atom stereocenters. The Kier molecular flexibility index (Phi) is 5.84. The third kappa shape index (κ3) is 3.92. The molecule has 5 heterocycles. The fraction of sp³-hybridized carbons (Fsp3) is 0.750. The summed E-state index contributed by atoms with van der Waals surface area (Å²) >= 11 is 0. The van der Waals surface area contributed by atoms with E-state index in [1.54, 1.807) is 28.4 Å². The smallest absolute Gasteiger partial charge is 0.281 e. The Morgan fingerprint density at radius 2 is 1.68 bits per heavy atom. The Morgan fingerprint density at radius 1 is 0.968 bits per heavy atom. The molecule has 0 spiro atoms. The maximum absolute atomic E-state index is 13.2. The molecule has 3 saturated heterocycles. The highest BCUT2D eigenvalue weighted by molar-refractivity contribution is 7.86. The molecule has 0 N–H and O–H groups in total. The van der Waals surface area contributed by atoms with Gasteiger partial charge in [0.25, 0.3) is 10.2 Å². The molecular formula is C20H31N7O3S. The molecule has 2 unspecified atom stereocenters. The lowest BCUT2D eigenvalue weighted by Gasteiger charge is -2.27. The van der Waals surface area contributed by atoms with Crippen LogP contribution in [-0.4, -0.2) is 89.5 Å². The zero-order valence-corrected chi connectivity index (χ0v) is 18.9. The van der Waals surface area contributed by atoms with Gasteiger partial charge in [-0.05, 0) is 24.7 Å². The molecule has 31 heavy (non-hydrogen) atoms. The number of rotatable bonds is 6. The first-order valence-corrected chi connectivity index (χ1v) is 12.6. The summed E-state index contributed by atoms with van der Waals surface area (Å²) in [4.78, 5) is 15.8. The molecule has 0 amide bonds. The molecule has 170 valence electrons. The van der Waals surface area contributed by atoms with Crippen molar-refractivity contribution in [2.75, 3.05) is 57.9 Å². The first-order chi connectivity index (χ1) is 15.1. The highest BCUT2D eigenvalue weighted by Crippen LogP contribution is 2.36. The molecule has 2 aromatic rings. The van der Waals surface area contributed by atoms with E-state index in [0.717, 1.165) is 55.8 Å². The van der Waals surface area contributed by atoms with Gasteiger partial charge in [0.05, 0.1) is 12.9 Å². The van der Waals surface area contributed by atoms with E-state index in [1.807, 2.05) is 4.57 Å². The molecule has 0 aliphatic carbocycles. The average Bonchev–Trinajstić information content (AvgIpc) is 3.39. The van der Waals surface area contributed by atoms with Gasteiger partial charge in [-0.3, -0.25) is 0 Å². The first kappa shape index (κ1) is 21.0. The van der Waals surface area contributed by atoms with Gasteiger partial charge in [0, 0.05) is 52.9 Å². The maximum atomic E-state index is 13.2. The predicted octanol–water partition coefficient (Wildman–Crippen LogP) is 0.962. The summed E-state index contributed by atoms with van der Waals surface area (Å²) in [5.74, 6) is 1.49. The second-order valence-electron chi connectivity index (χ2n) is 8.86. The minimum atomic E-state index is -3.35. The van der Waals surface area contributed by atoms with Crippen molar-refractivity contribution in [2.24, 2.45) is 11.8 Å². The van der Waals surface area contributed by atoms with Gasteiger partial charge in [-0.15, -0.1) is 0 Å². The van der Waals surface area contributed by atoms with E-state index >= 15 is 0 Å². The van der Waals surface area contributed by atoms with Gasteiger partial charge < -0.3 is 14.2 Å². The van der Waals surface area contributed by atoms with E-state index in [1.165, 1.54) is 0 Å². The molecule has 5 rings (SSSR count). The van der Waals surface area contributed by atoms with Crippen LogP contribution in [0, 0.1) is 11.8 Å². The van der Waals surface area contributed by atoms with Crippen molar-refractivity contribution in [2.45, 2.75) is 32.2 Å². The van der Waals surface area contributed by atoms with Gasteiger partial charge in [-0.1, -0.05) is 12.8 Å². The van der Waals surface area contributed by atoms with Gasteiger partial charge in [-0.2, -0.15) is 17.0 Å². The molecule has 10 nitrogen and oxygen atoms in total. The Morgan fingerprint density at radius 3 is 2.35 bits per heavy atom. The number of ether oxygens (including phenoxy) is 1. The van der Waals surface area contributed by atoms with Crippen molar-refractivity contribution >= 4 is 27.2 Å². The normalized spacial score (nSPS) is 25.9. The van der Waals surface area contributed by atoms with Crippen LogP contribution in [-0.2, 0) is 21.5 Å². The summed E-state index contributed by atoms with van der Waals surface area (Å²) in [7, 11) is -1.68. The summed E-state index contributed by atoms with van der Waals surface area (Å²) in [5.41, 5.74) is 1.61. The second kappa shape index (κ2) is 8.61. The van der Waals surface area contributed by atoms with E-state index in [-0.39, 0.29) is 0 Å². The first-order valence-electron chi connectivity index (χ1n) is 11.2. The third-order valence-corrected chi connectivity index (χ3v) is 8.86.